The van der Waals surface area contributed by atoms with Crippen molar-refractivity contribution in [3.63, 3.8) is 0 Å². The van der Waals surface area contributed by atoms with Crippen LogP contribution < -0.4 is 11.3 Å². The summed E-state index contributed by atoms with van der Waals surface area (Å²) in [5.41, 5.74) is -2.25. The molecular weight excluding hydrogens is 283 g/mol. The third-order valence-electron chi connectivity index (χ3n) is 0.386. The molecule has 0 saturated carbocycles. The summed E-state index contributed by atoms with van der Waals surface area (Å²) in [5.74, 6) is 0. The molecule has 1 heterocycles. The first-order valence-electron chi connectivity index (χ1n) is 1.40. The second kappa shape index (κ2) is 2.81. The zero-order chi connectivity index (χ0) is 5.28. The van der Waals surface area contributed by atoms with Crippen molar-refractivity contribution >= 4 is 0 Å². The summed E-state index contributed by atoms with van der Waals surface area (Å²) in [4.78, 5) is 19.5. The average molecular weight is 283 g/mol. The molecule has 0 aliphatic heterocycles. The van der Waals surface area contributed by atoms with Gasteiger partial charge in [-0.1, -0.05) is 4.74 Å². The van der Waals surface area contributed by atoms with E-state index in [1.54, 1.807) is 0 Å². The van der Waals surface area contributed by atoms with E-state index >= 15 is 0 Å². The van der Waals surface area contributed by atoms with Gasteiger partial charge in [-0.15, -0.1) is 0 Å². The molecule has 0 aromatic carbocycles. The Labute approximate surface area is 60.9 Å². The molecule has 0 unspecified atom stereocenters. The molecule has 0 saturated heterocycles. The van der Waals surface area contributed by atoms with Crippen LogP contribution in [0.3, 0.4) is 0 Å². The minimum Gasteiger partial charge on any atom is -0.233 e. The van der Waals surface area contributed by atoms with Crippen LogP contribution in [-0.4, -0.2) is 0 Å². The molecule has 0 aliphatic rings. The standard InChI is InChI=1S/C2O5.Hf/c3-1-2(4)6-7-5-1;. The third kappa shape index (κ3) is 1.29. The van der Waals surface area contributed by atoms with Crippen molar-refractivity contribution in [2.45, 2.75) is 0 Å². The third-order valence-corrected chi connectivity index (χ3v) is 0.386. The van der Waals surface area contributed by atoms with Crippen molar-refractivity contribution in [2.24, 2.45) is 0 Å². The predicted molar refractivity (Wildman–Crippen MR) is 15.8 cm³/mol. The fourth-order valence-corrected chi connectivity index (χ4v) is 0.147. The smallest absolute Gasteiger partial charge is 0.233 e. The fraction of sp³-hybridized carbons (Fsp3) is 0. The first kappa shape index (κ1) is 7.61. The fourth-order valence-electron chi connectivity index (χ4n) is 0.147. The van der Waals surface area contributed by atoms with Crippen LogP contribution in [0.15, 0.2) is 23.5 Å². The molecular formula is C2HfO5. The second-order valence-corrected chi connectivity index (χ2v) is 0.810. The van der Waals surface area contributed by atoms with Crippen LogP contribution in [-0.2, 0) is 25.8 Å². The van der Waals surface area contributed by atoms with E-state index in [1.807, 2.05) is 0 Å². The molecule has 8 heavy (non-hydrogen) atoms. The van der Waals surface area contributed by atoms with Gasteiger partial charge in [0.25, 0.3) is 0 Å². The molecule has 0 spiro atoms. The van der Waals surface area contributed by atoms with Gasteiger partial charge in [0.05, 0.1) is 0 Å². The maximum atomic E-state index is 9.75. The van der Waals surface area contributed by atoms with E-state index < -0.39 is 11.3 Å². The van der Waals surface area contributed by atoms with Crippen molar-refractivity contribution in [1.82, 2.24) is 0 Å². The van der Waals surface area contributed by atoms with Gasteiger partial charge in [-0.3, -0.25) is 0 Å². The molecule has 0 amide bonds. The van der Waals surface area contributed by atoms with Crippen molar-refractivity contribution < 1.29 is 39.7 Å². The van der Waals surface area contributed by atoms with Gasteiger partial charge in [0.15, 0.2) is 0 Å². The zero-order valence-corrected chi connectivity index (χ0v) is 7.13. The molecule has 42 valence electrons. The quantitative estimate of drug-likeness (QED) is 0.353. The Hall–Kier alpha value is -0.390. The van der Waals surface area contributed by atoms with Gasteiger partial charge in [-0.2, -0.15) is 9.15 Å². The van der Waals surface area contributed by atoms with Crippen LogP contribution in [0.4, 0.5) is 0 Å². The summed E-state index contributed by atoms with van der Waals surface area (Å²) in [6.45, 7) is 0. The Kier molecular flexibility index (Phi) is 2.67. The monoisotopic (exact) mass is 284 g/mol. The van der Waals surface area contributed by atoms with Gasteiger partial charge in [-0.25, -0.2) is 9.59 Å². The van der Waals surface area contributed by atoms with Crippen LogP contribution in [0.2, 0.25) is 0 Å². The molecule has 5 nitrogen and oxygen atoms in total. The number of rotatable bonds is 0. The molecule has 0 atom stereocenters. The van der Waals surface area contributed by atoms with Crippen molar-refractivity contribution in [2.75, 3.05) is 0 Å². The van der Waals surface area contributed by atoms with Gasteiger partial charge in [0.1, 0.15) is 0 Å². The van der Waals surface area contributed by atoms with Crippen molar-refractivity contribution in [1.29, 1.82) is 0 Å². The molecule has 0 bridgehead atoms. The van der Waals surface area contributed by atoms with Crippen LogP contribution in [0.25, 0.3) is 0 Å². The molecule has 0 N–H and O–H groups in total. The van der Waals surface area contributed by atoms with E-state index in [1.165, 1.54) is 0 Å². The maximum absolute atomic E-state index is 9.75. The van der Waals surface area contributed by atoms with E-state index in [0.717, 1.165) is 0 Å². The van der Waals surface area contributed by atoms with Gasteiger partial charge in [-0.05, 0) is 0 Å². The van der Waals surface area contributed by atoms with Crippen molar-refractivity contribution in [3.8, 4) is 0 Å². The van der Waals surface area contributed by atoms with Gasteiger partial charge in [0.2, 0.25) is 0 Å². The maximum Gasteiger partial charge on any atom is 0.471 e. The second-order valence-electron chi connectivity index (χ2n) is 0.810. The average Bonchev–Trinajstić information content (AvgIpc) is 1.91. The number of hydrogen-bond donors (Lipinski definition) is 0. The van der Waals surface area contributed by atoms with Crippen LogP contribution in [0.1, 0.15) is 0 Å². The van der Waals surface area contributed by atoms with Crippen LogP contribution in [0, 0.1) is 0 Å². The zero-order valence-electron chi connectivity index (χ0n) is 3.54. The van der Waals surface area contributed by atoms with Gasteiger partial charge in [0, 0.05) is 25.8 Å². The molecule has 1 aromatic rings. The SMILES string of the molecule is O=c1oooc1=O.[Hf]. The normalized spacial score (nSPS) is 8.00. The summed E-state index contributed by atoms with van der Waals surface area (Å²) in [7, 11) is 0. The largest absolute Gasteiger partial charge is 0.471 e. The van der Waals surface area contributed by atoms with Crippen molar-refractivity contribution in [3.05, 3.63) is 20.8 Å². The topological polar surface area (TPSA) is 73.6 Å². The van der Waals surface area contributed by atoms with E-state index in [9.17, 15) is 9.59 Å². The summed E-state index contributed by atoms with van der Waals surface area (Å²) >= 11 is 0. The molecule has 0 aliphatic carbocycles. The van der Waals surface area contributed by atoms with Crippen LogP contribution >= 0.6 is 0 Å². The van der Waals surface area contributed by atoms with E-state index in [-0.39, 0.29) is 25.8 Å². The summed E-state index contributed by atoms with van der Waals surface area (Å²) < 4.78 is 10.6. The summed E-state index contributed by atoms with van der Waals surface area (Å²) in [6, 6.07) is 0. The van der Waals surface area contributed by atoms with E-state index in [2.05, 4.69) is 13.9 Å². The van der Waals surface area contributed by atoms with E-state index in [4.69, 9.17) is 0 Å². The Bertz CT molecular complexity index is 215. The molecule has 1 aromatic heterocycles. The minimum atomic E-state index is -1.12. The van der Waals surface area contributed by atoms with Gasteiger partial charge < -0.3 is 0 Å². The summed E-state index contributed by atoms with van der Waals surface area (Å²) in [6.07, 6.45) is 0. The molecule has 1 rings (SSSR count). The Balaban J connectivity index is 0.000000490. The Morgan fingerprint density at radius 3 is 1.50 bits per heavy atom. The molecule has 6 heteroatoms. The summed E-state index contributed by atoms with van der Waals surface area (Å²) in [5, 5.41) is 0. The number of hydrogen-bond acceptors (Lipinski definition) is 5. The first-order chi connectivity index (χ1) is 3.30. The van der Waals surface area contributed by atoms with E-state index in [0.29, 0.717) is 0 Å². The minimum absolute atomic E-state index is 0. The first-order valence-corrected chi connectivity index (χ1v) is 1.40. The van der Waals surface area contributed by atoms with Crippen LogP contribution in [0.5, 0.6) is 0 Å². The predicted octanol–water partition coefficient (Wildman–Crippen LogP) is -0.817. The Morgan fingerprint density at radius 1 is 1.00 bits per heavy atom. The molecule has 0 radical (unpaired) electrons. The molecule has 0 fully saturated rings. The van der Waals surface area contributed by atoms with Gasteiger partial charge >= 0.3 is 11.3 Å². The Morgan fingerprint density at radius 2 is 1.38 bits per heavy atom.